The SMILES string of the molecule is ClCc1nc2cccnc2n1CCc1cscn1. The first-order valence-electron chi connectivity index (χ1n) is 5.61. The summed E-state index contributed by atoms with van der Waals surface area (Å²) in [7, 11) is 0. The number of aryl methyl sites for hydroxylation is 2. The maximum absolute atomic E-state index is 5.94. The number of nitrogens with zero attached hydrogens (tertiary/aromatic N) is 4. The third-order valence-electron chi connectivity index (χ3n) is 2.78. The lowest BCUT2D eigenvalue weighted by molar-refractivity contribution is 0.675. The molecule has 3 rings (SSSR count). The van der Waals surface area contributed by atoms with Gasteiger partial charge in [0.25, 0.3) is 0 Å². The molecule has 92 valence electrons. The summed E-state index contributed by atoms with van der Waals surface area (Å²) in [4.78, 5) is 13.1. The molecule has 0 aliphatic carbocycles. The monoisotopic (exact) mass is 278 g/mol. The Kier molecular flexibility index (Phi) is 3.25. The van der Waals surface area contributed by atoms with E-state index in [1.165, 1.54) is 0 Å². The van der Waals surface area contributed by atoms with Crippen LogP contribution in [0.1, 0.15) is 11.5 Å². The van der Waals surface area contributed by atoms with Crippen LogP contribution in [0.15, 0.2) is 29.2 Å². The van der Waals surface area contributed by atoms with Crippen molar-refractivity contribution >= 4 is 34.1 Å². The Balaban J connectivity index is 1.94. The van der Waals surface area contributed by atoms with Crippen molar-refractivity contribution in [1.29, 1.82) is 0 Å². The molecule has 4 nitrogen and oxygen atoms in total. The molecule has 0 saturated heterocycles. The quantitative estimate of drug-likeness (QED) is 0.689. The van der Waals surface area contributed by atoms with E-state index in [-0.39, 0.29) is 0 Å². The van der Waals surface area contributed by atoms with E-state index in [1.54, 1.807) is 17.5 Å². The minimum absolute atomic E-state index is 0.396. The second-order valence-corrected chi connectivity index (χ2v) is 4.88. The van der Waals surface area contributed by atoms with Gasteiger partial charge in [-0.05, 0) is 12.1 Å². The zero-order valence-corrected chi connectivity index (χ0v) is 11.2. The lowest BCUT2D eigenvalue weighted by atomic mass is 10.3. The number of imidazole rings is 1. The van der Waals surface area contributed by atoms with Gasteiger partial charge in [-0.1, -0.05) is 0 Å². The molecule has 0 saturated carbocycles. The topological polar surface area (TPSA) is 43.6 Å². The van der Waals surface area contributed by atoms with Gasteiger partial charge in [0.15, 0.2) is 5.65 Å². The Labute approximate surface area is 113 Å². The molecule has 0 aliphatic heterocycles. The highest BCUT2D eigenvalue weighted by Gasteiger charge is 2.10. The van der Waals surface area contributed by atoms with Crippen LogP contribution in [0.3, 0.4) is 0 Å². The lowest BCUT2D eigenvalue weighted by Crippen LogP contribution is -2.06. The Hall–Kier alpha value is -1.46. The average Bonchev–Trinajstić information content (AvgIpc) is 3.03. The van der Waals surface area contributed by atoms with Crippen LogP contribution in [0, 0.1) is 0 Å². The lowest BCUT2D eigenvalue weighted by Gasteiger charge is -2.05. The van der Waals surface area contributed by atoms with Crippen LogP contribution in [0.2, 0.25) is 0 Å². The van der Waals surface area contributed by atoms with E-state index in [0.717, 1.165) is 35.6 Å². The molecule has 3 aromatic heterocycles. The van der Waals surface area contributed by atoms with Crippen LogP contribution in [0.4, 0.5) is 0 Å². The third kappa shape index (κ3) is 2.11. The fourth-order valence-electron chi connectivity index (χ4n) is 1.93. The fraction of sp³-hybridized carbons (Fsp3) is 0.250. The number of thiazole rings is 1. The third-order valence-corrected chi connectivity index (χ3v) is 3.65. The van der Waals surface area contributed by atoms with Gasteiger partial charge in [-0.15, -0.1) is 22.9 Å². The van der Waals surface area contributed by atoms with Gasteiger partial charge in [-0.2, -0.15) is 0 Å². The van der Waals surface area contributed by atoms with Crippen LogP contribution in [0.5, 0.6) is 0 Å². The number of rotatable bonds is 4. The predicted molar refractivity (Wildman–Crippen MR) is 72.9 cm³/mol. The maximum atomic E-state index is 5.94. The highest BCUT2D eigenvalue weighted by atomic mass is 35.5. The highest BCUT2D eigenvalue weighted by Crippen LogP contribution is 2.16. The van der Waals surface area contributed by atoms with Crippen LogP contribution in [0.25, 0.3) is 11.2 Å². The van der Waals surface area contributed by atoms with E-state index in [0.29, 0.717) is 5.88 Å². The Morgan fingerprint density at radius 2 is 2.28 bits per heavy atom. The minimum atomic E-state index is 0.396. The number of hydrogen-bond donors (Lipinski definition) is 0. The highest BCUT2D eigenvalue weighted by molar-refractivity contribution is 7.07. The predicted octanol–water partition coefficient (Wildman–Crippen LogP) is 2.87. The number of fused-ring (bicyclic) bond motifs is 1. The van der Waals surface area contributed by atoms with E-state index in [9.17, 15) is 0 Å². The second-order valence-electron chi connectivity index (χ2n) is 3.89. The summed E-state index contributed by atoms with van der Waals surface area (Å²) in [6.45, 7) is 0.805. The van der Waals surface area contributed by atoms with Crippen LogP contribution >= 0.6 is 22.9 Å². The molecule has 3 heterocycles. The number of halogens is 1. The number of hydrogen-bond acceptors (Lipinski definition) is 4. The van der Waals surface area contributed by atoms with Crippen molar-refractivity contribution in [3.05, 3.63) is 40.7 Å². The molecule has 0 amide bonds. The van der Waals surface area contributed by atoms with Crippen molar-refractivity contribution in [1.82, 2.24) is 19.5 Å². The molecule has 6 heteroatoms. The molecule has 0 radical (unpaired) electrons. The van der Waals surface area contributed by atoms with Gasteiger partial charge in [0.2, 0.25) is 0 Å². The molecule has 18 heavy (non-hydrogen) atoms. The summed E-state index contributed by atoms with van der Waals surface area (Å²) >= 11 is 7.55. The van der Waals surface area contributed by atoms with Crippen LogP contribution in [-0.2, 0) is 18.8 Å². The first kappa shape index (κ1) is 11.6. The summed E-state index contributed by atoms with van der Waals surface area (Å²) in [6, 6.07) is 3.84. The van der Waals surface area contributed by atoms with Gasteiger partial charge in [0.05, 0.1) is 17.1 Å². The average molecular weight is 279 g/mol. The molecular weight excluding hydrogens is 268 g/mol. The molecule has 0 aromatic carbocycles. The van der Waals surface area contributed by atoms with Gasteiger partial charge < -0.3 is 4.57 Å². The molecular formula is C12H11ClN4S. The smallest absolute Gasteiger partial charge is 0.160 e. The van der Waals surface area contributed by atoms with Gasteiger partial charge in [-0.25, -0.2) is 15.0 Å². The van der Waals surface area contributed by atoms with Crippen molar-refractivity contribution in [2.75, 3.05) is 0 Å². The molecule has 0 bridgehead atoms. The maximum Gasteiger partial charge on any atom is 0.160 e. The van der Waals surface area contributed by atoms with Crippen LogP contribution in [-0.4, -0.2) is 19.5 Å². The summed E-state index contributed by atoms with van der Waals surface area (Å²) in [6.07, 6.45) is 2.65. The standard InChI is InChI=1S/C12H11ClN4S/c13-6-11-16-10-2-1-4-14-12(10)17(11)5-3-9-7-18-8-15-9/h1-2,4,7-8H,3,5-6H2. The molecule has 0 N–H and O–H groups in total. The molecule has 0 unspecified atom stereocenters. The van der Waals surface area contributed by atoms with Crippen molar-refractivity contribution in [3.63, 3.8) is 0 Å². The molecule has 0 atom stereocenters. The molecule has 0 spiro atoms. The number of alkyl halides is 1. The van der Waals surface area contributed by atoms with Crippen molar-refractivity contribution in [2.24, 2.45) is 0 Å². The summed E-state index contributed by atoms with van der Waals surface area (Å²) in [5.41, 5.74) is 4.73. The summed E-state index contributed by atoms with van der Waals surface area (Å²) < 4.78 is 2.07. The van der Waals surface area contributed by atoms with Crippen molar-refractivity contribution < 1.29 is 0 Å². The summed E-state index contributed by atoms with van der Waals surface area (Å²) in [5.74, 6) is 1.26. The largest absolute Gasteiger partial charge is 0.311 e. The van der Waals surface area contributed by atoms with Crippen molar-refractivity contribution in [3.8, 4) is 0 Å². The van der Waals surface area contributed by atoms with Crippen LogP contribution < -0.4 is 0 Å². The van der Waals surface area contributed by atoms with E-state index in [4.69, 9.17) is 11.6 Å². The zero-order valence-electron chi connectivity index (χ0n) is 9.58. The summed E-state index contributed by atoms with van der Waals surface area (Å²) in [5, 5.41) is 2.06. The Morgan fingerprint density at radius 1 is 1.33 bits per heavy atom. The fourth-order valence-corrected chi connectivity index (χ4v) is 2.73. The van der Waals surface area contributed by atoms with E-state index in [2.05, 4.69) is 24.9 Å². The van der Waals surface area contributed by atoms with Gasteiger partial charge >= 0.3 is 0 Å². The van der Waals surface area contributed by atoms with Gasteiger partial charge in [-0.3, -0.25) is 0 Å². The first-order valence-corrected chi connectivity index (χ1v) is 7.09. The molecule has 3 aromatic rings. The first-order chi connectivity index (χ1) is 8.88. The minimum Gasteiger partial charge on any atom is -0.311 e. The van der Waals surface area contributed by atoms with Crippen molar-refractivity contribution in [2.45, 2.75) is 18.8 Å². The number of aromatic nitrogens is 4. The molecule has 0 aliphatic rings. The van der Waals surface area contributed by atoms with E-state index in [1.807, 2.05) is 17.6 Å². The molecule has 0 fully saturated rings. The van der Waals surface area contributed by atoms with E-state index < -0.39 is 0 Å². The van der Waals surface area contributed by atoms with Gasteiger partial charge in [0, 0.05) is 24.5 Å². The Morgan fingerprint density at radius 3 is 3.06 bits per heavy atom. The normalized spacial score (nSPS) is 11.2. The van der Waals surface area contributed by atoms with E-state index >= 15 is 0 Å². The Bertz CT molecular complexity index is 647. The second kappa shape index (κ2) is 5.04. The number of pyridine rings is 1. The zero-order chi connectivity index (χ0) is 12.4. The van der Waals surface area contributed by atoms with Gasteiger partial charge in [0.1, 0.15) is 11.3 Å².